The minimum Gasteiger partial charge on any atom is -0.491 e. The van der Waals surface area contributed by atoms with Crippen LogP contribution in [0.15, 0.2) is 48.5 Å². The minimum absolute atomic E-state index is 0.0741. The SMILES string of the molecule is O=C(Nc1ccc2c(c1)CN(C(=O)NCCc1ccccc1)CCO2)C1CC1. The molecule has 1 saturated carbocycles. The molecule has 28 heavy (non-hydrogen) atoms. The van der Waals surface area contributed by atoms with Gasteiger partial charge in [0.25, 0.3) is 0 Å². The molecule has 4 rings (SSSR count). The van der Waals surface area contributed by atoms with Gasteiger partial charge in [0.1, 0.15) is 12.4 Å². The summed E-state index contributed by atoms with van der Waals surface area (Å²) in [5, 5.41) is 5.95. The van der Waals surface area contributed by atoms with E-state index in [0.717, 1.165) is 36.3 Å². The molecule has 146 valence electrons. The van der Waals surface area contributed by atoms with Gasteiger partial charge in [0.05, 0.1) is 13.1 Å². The first-order chi connectivity index (χ1) is 13.7. The molecule has 1 aliphatic heterocycles. The van der Waals surface area contributed by atoms with Crippen LogP contribution in [-0.2, 0) is 17.8 Å². The van der Waals surface area contributed by atoms with Crippen molar-refractivity contribution >= 4 is 17.6 Å². The van der Waals surface area contributed by atoms with Gasteiger partial charge < -0.3 is 20.3 Å². The van der Waals surface area contributed by atoms with Gasteiger partial charge in [-0.05, 0) is 43.0 Å². The van der Waals surface area contributed by atoms with Gasteiger partial charge in [-0.1, -0.05) is 30.3 Å². The molecule has 0 aromatic heterocycles. The lowest BCUT2D eigenvalue weighted by Gasteiger charge is -2.20. The number of hydrogen-bond acceptors (Lipinski definition) is 3. The Balaban J connectivity index is 1.35. The first-order valence-corrected chi connectivity index (χ1v) is 9.82. The molecule has 2 aromatic carbocycles. The van der Waals surface area contributed by atoms with Crippen LogP contribution in [-0.4, -0.2) is 36.5 Å². The lowest BCUT2D eigenvalue weighted by molar-refractivity contribution is -0.117. The van der Waals surface area contributed by atoms with Crippen LogP contribution in [0.5, 0.6) is 5.75 Å². The summed E-state index contributed by atoms with van der Waals surface area (Å²) in [6, 6.07) is 15.6. The van der Waals surface area contributed by atoms with Crippen LogP contribution in [0.2, 0.25) is 0 Å². The minimum atomic E-state index is -0.0974. The smallest absolute Gasteiger partial charge is 0.317 e. The zero-order chi connectivity index (χ0) is 19.3. The second-order valence-corrected chi connectivity index (χ2v) is 7.32. The number of rotatable bonds is 5. The molecule has 0 bridgehead atoms. The van der Waals surface area contributed by atoms with Crippen molar-refractivity contribution in [3.8, 4) is 5.75 Å². The number of carbonyl (C=O) groups is 2. The first kappa shape index (κ1) is 18.3. The van der Waals surface area contributed by atoms with Gasteiger partial charge in [0.15, 0.2) is 0 Å². The summed E-state index contributed by atoms with van der Waals surface area (Å²) in [7, 11) is 0. The number of nitrogens with one attached hydrogen (secondary N) is 2. The fourth-order valence-corrected chi connectivity index (χ4v) is 3.31. The molecular weight excluding hydrogens is 354 g/mol. The third-order valence-corrected chi connectivity index (χ3v) is 5.08. The van der Waals surface area contributed by atoms with Crippen LogP contribution in [0, 0.1) is 5.92 Å². The molecule has 1 fully saturated rings. The number of anilines is 1. The van der Waals surface area contributed by atoms with Crippen LogP contribution in [0.1, 0.15) is 24.0 Å². The van der Waals surface area contributed by atoms with Crippen LogP contribution >= 0.6 is 0 Å². The van der Waals surface area contributed by atoms with Gasteiger partial charge in [-0.25, -0.2) is 4.79 Å². The largest absolute Gasteiger partial charge is 0.491 e. The second-order valence-electron chi connectivity index (χ2n) is 7.32. The summed E-state index contributed by atoms with van der Waals surface area (Å²) in [5.74, 6) is 0.996. The van der Waals surface area contributed by atoms with E-state index in [1.165, 1.54) is 5.56 Å². The Morgan fingerprint density at radius 2 is 1.93 bits per heavy atom. The van der Waals surface area contributed by atoms with E-state index in [0.29, 0.717) is 26.2 Å². The molecule has 2 aromatic rings. The Labute approximate surface area is 164 Å². The predicted molar refractivity (Wildman–Crippen MR) is 107 cm³/mol. The Hall–Kier alpha value is -3.02. The average Bonchev–Trinajstić information content (AvgIpc) is 3.55. The third kappa shape index (κ3) is 4.63. The summed E-state index contributed by atoms with van der Waals surface area (Å²) in [6.07, 6.45) is 2.73. The molecular formula is C22H25N3O3. The van der Waals surface area contributed by atoms with Crippen molar-refractivity contribution in [1.29, 1.82) is 0 Å². The summed E-state index contributed by atoms with van der Waals surface area (Å²) < 4.78 is 5.79. The lowest BCUT2D eigenvalue weighted by atomic mass is 10.1. The highest BCUT2D eigenvalue weighted by molar-refractivity contribution is 5.94. The topological polar surface area (TPSA) is 70.7 Å². The standard InChI is InChI=1S/C22H25N3O3/c26-21(17-6-7-17)24-19-8-9-20-18(14-19)15-25(12-13-28-20)22(27)23-11-10-16-4-2-1-3-5-16/h1-5,8-9,14,17H,6-7,10-13,15H2,(H,23,27)(H,24,26). The molecule has 2 N–H and O–H groups in total. The zero-order valence-electron chi connectivity index (χ0n) is 15.8. The van der Waals surface area contributed by atoms with E-state index in [2.05, 4.69) is 22.8 Å². The van der Waals surface area contributed by atoms with E-state index in [1.54, 1.807) is 4.90 Å². The van der Waals surface area contributed by atoms with Gasteiger partial charge in [-0.2, -0.15) is 0 Å². The Kier molecular flexibility index (Phi) is 5.46. The maximum atomic E-state index is 12.6. The van der Waals surface area contributed by atoms with Crippen molar-refractivity contribution in [3.63, 3.8) is 0 Å². The highest BCUT2D eigenvalue weighted by Gasteiger charge is 2.29. The molecule has 2 aliphatic rings. The van der Waals surface area contributed by atoms with Gasteiger partial charge in [-0.15, -0.1) is 0 Å². The molecule has 3 amide bonds. The quantitative estimate of drug-likeness (QED) is 0.838. The van der Waals surface area contributed by atoms with E-state index in [4.69, 9.17) is 4.74 Å². The van der Waals surface area contributed by atoms with Crippen LogP contribution in [0.4, 0.5) is 10.5 Å². The van der Waals surface area contributed by atoms with Crippen molar-refractivity contribution in [1.82, 2.24) is 10.2 Å². The Morgan fingerprint density at radius 3 is 2.71 bits per heavy atom. The second kappa shape index (κ2) is 8.33. The van der Waals surface area contributed by atoms with Gasteiger partial charge in [0.2, 0.25) is 5.91 Å². The van der Waals surface area contributed by atoms with Crippen molar-refractivity contribution < 1.29 is 14.3 Å². The summed E-state index contributed by atoms with van der Waals surface area (Å²) >= 11 is 0. The van der Waals surface area contributed by atoms with Crippen molar-refractivity contribution in [3.05, 3.63) is 59.7 Å². The van der Waals surface area contributed by atoms with Crippen molar-refractivity contribution in [2.24, 2.45) is 5.92 Å². The van der Waals surface area contributed by atoms with Gasteiger partial charge >= 0.3 is 6.03 Å². The maximum Gasteiger partial charge on any atom is 0.317 e. The molecule has 0 atom stereocenters. The van der Waals surface area contributed by atoms with E-state index in [-0.39, 0.29) is 17.9 Å². The van der Waals surface area contributed by atoms with E-state index in [9.17, 15) is 9.59 Å². The number of nitrogens with zero attached hydrogens (tertiary/aromatic N) is 1. The first-order valence-electron chi connectivity index (χ1n) is 9.82. The number of amides is 3. The molecule has 0 saturated heterocycles. The van der Waals surface area contributed by atoms with E-state index < -0.39 is 0 Å². The van der Waals surface area contributed by atoms with E-state index in [1.807, 2.05) is 36.4 Å². The number of hydrogen-bond donors (Lipinski definition) is 2. The van der Waals surface area contributed by atoms with Crippen LogP contribution in [0.25, 0.3) is 0 Å². The van der Waals surface area contributed by atoms with E-state index >= 15 is 0 Å². The summed E-state index contributed by atoms with van der Waals surface area (Å²) in [6.45, 7) is 2.02. The number of urea groups is 1. The Morgan fingerprint density at radius 1 is 1.11 bits per heavy atom. The normalized spacial score (nSPS) is 15.8. The fraction of sp³-hybridized carbons (Fsp3) is 0.364. The third-order valence-electron chi connectivity index (χ3n) is 5.08. The van der Waals surface area contributed by atoms with Crippen LogP contribution < -0.4 is 15.4 Å². The predicted octanol–water partition coefficient (Wildman–Crippen LogP) is 3.18. The highest BCUT2D eigenvalue weighted by Crippen LogP contribution is 2.31. The molecule has 0 spiro atoms. The lowest BCUT2D eigenvalue weighted by Crippen LogP contribution is -2.41. The molecule has 1 heterocycles. The van der Waals surface area contributed by atoms with Crippen molar-refractivity contribution in [2.75, 3.05) is 25.0 Å². The number of fused-ring (bicyclic) bond motifs is 1. The fourth-order valence-electron chi connectivity index (χ4n) is 3.31. The average molecular weight is 379 g/mol. The van der Waals surface area contributed by atoms with Crippen LogP contribution in [0.3, 0.4) is 0 Å². The number of benzene rings is 2. The molecule has 1 aliphatic carbocycles. The van der Waals surface area contributed by atoms with Gasteiger partial charge in [-0.3, -0.25) is 4.79 Å². The number of carbonyl (C=O) groups excluding carboxylic acids is 2. The number of ether oxygens (including phenoxy) is 1. The molecule has 0 radical (unpaired) electrons. The zero-order valence-corrected chi connectivity index (χ0v) is 15.8. The summed E-state index contributed by atoms with van der Waals surface area (Å²) in [5.41, 5.74) is 2.86. The highest BCUT2D eigenvalue weighted by atomic mass is 16.5. The summed E-state index contributed by atoms with van der Waals surface area (Å²) in [4.78, 5) is 26.4. The molecule has 0 unspecified atom stereocenters. The van der Waals surface area contributed by atoms with Crippen molar-refractivity contribution in [2.45, 2.75) is 25.8 Å². The van der Waals surface area contributed by atoms with Gasteiger partial charge in [0, 0.05) is 23.7 Å². The molecule has 6 nitrogen and oxygen atoms in total. The monoisotopic (exact) mass is 379 g/mol. The maximum absolute atomic E-state index is 12.6. The Bertz CT molecular complexity index is 849. The molecule has 6 heteroatoms.